The Kier molecular flexibility index (Phi) is 3.84. The van der Waals surface area contributed by atoms with Gasteiger partial charge in [-0.05, 0) is 37.2 Å². The highest BCUT2D eigenvalue weighted by Gasteiger charge is 2.26. The molecule has 1 aromatic heterocycles. The molecular formula is C14H20N2O2. The van der Waals surface area contributed by atoms with Crippen molar-refractivity contribution in [2.75, 3.05) is 5.32 Å². The van der Waals surface area contributed by atoms with Gasteiger partial charge < -0.3 is 10.4 Å². The Balaban J connectivity index is 2.12. The Morgan fingerprint density at radius 1 is 1.44 bits per heavy atom. The molecule has 18 heavy (non-hydrogen) atoms. The molecule has 4 nitrogen and oxygen atoms in total. The average Bonchev–Trinajstić information content (AvgIpc) is 2.33. The van der Waals surface area contributed by atoms with Gasteiger partial charge in [-0.25, -0.2) is 4.79 Å². The maximum absolute atomic E-state index is 11.1. The fourth-order valence-corrected chi connectivity index (χ4v) is 2.78. The summed E-state index contributed by atoms with van der Waals surface area (Å²) in [6.45, 7) is 4.50. The maximum Gasteiger partial charge on any atom is 0.337 e. The Morgan fingerprint density at radius 2 is 2.22 bits per heavy atom. The van der Waals surface area contributed by atoms with E-state index in [0.29, 0.717) is 23.2 Å². The normalized spacial score (nSPS) is 27.8. The molecule has 0 aliphatic heterocycles. The molecule has 0 saturated heterocycles. The maximum atomic E-state index is 11.1. The van der Waals surface area contributed by atoms with Crippen molar-refractivity contribution in [3.8, 4) is 0 Å². The van der Waals surface area contributed by atoms with E-state index in [1.807, 2.05) is 0 Å². The second-order valence-electron chi connectivity index (χ2n) is 5.37. The first-order chi connectivity index (χ1) is 8.58. The predicted molar refractivity (Wildman–Crippen MR) is 70.8 cm³/mol. The lowest BCUT2D eigenvalue weighted by Gasteiger charge is -2.34. The van der Waals surface area contributed by atoms with Gasteiger partial charge in [-0.3, -0.25) is 4.98 Å². The van der Waals surface area contributed by atoms with Crippen LogP contribution in [-0.4, -0.2) is 22.1 Å². The van der Waals surface area contributed by atoms with Crippen molar-refractivity contribution in [2.24, 2.45) is 11.8 Å². The monoisotopic (exact) mass is 248 g/mol. The highest BCUT2D eigenvalue weighted by molar-refractivity contribution is 5.93. The minimum absolute atomic E-state index is 0.302. The second kappa shape index (κ2) is 5.38. The number of aromatic nitrogens is 1. The highest BCUT2D eigenvalue weighted by atomic mass is 16.4. The van der Waals surface area contributed by atoms with Crippen molar-refractivity contribution in [3.05, 3.63) is 24.0 Å². The molecule has 3 unspecified atom stereocenters. The molecule has 3 atom stereocenters. The standard InChI is InChI=1S/C14H20N2O2/c1-9-3-4-12(10(2)7-9)16-13-8-15-6-5-11(13)14(17)18/h5-6,8-10,12,16H,3-4,7H2,1-2H3,(H,17,18). The van der Waals surface area contributed by atoms with Crippen LogP contribution in [0, 0.1) is 11.8 Å². The van der Waals surface area contributed by atoms with E-state index in [4.69, 9.17) is 5.11 Å². The molecule has 0 bridgehead atoms. The number of anilines is 1. The molecule has 2 N–H and O–H groups in total. The largest absolute Gasteiger partial charge is 0.478 e. The molecular weight excluding hydrogens is 228 g/mol. The third kappa shape index (κ3) is 2.81. The Labute approximate surface area is 107 Å². The summed E-state index contributed by atoms with van der Waals surface area (Å²) in [5, 5.41) is 12.5. The first-order valence-electron chi connectivity index (χ1n) is 6.51. The van der Waals surface area contributed by atoms with Crippen LogP contribution >= 0.6 is 0 Å². The van der Waals surface area contributed by atoms with E-state index in [1.54, 1.807) is 12.3 Å². The molecule has 0 aromatic carbocycles. The third-order valence-electron chi connectivity index (χ3n) is 3.82. The van der Waals surface area contributed by atoms with Crippen molar-refractivity contribution in [3.63, 3.8) is 0 Å². The van der Waals surface area contributed by atoms with E-state index in [9.17, 15) is 4.79 Å². The molecule has 1 aliphatic carbocycles. The smallest absolute Gasteiger partial charge is 0.337 e. The highest BCUT2D eigenvalue weighted by Crippen LogP contribution is 2.31. The number of nitrogens with one attached hydrogen (secondary N) is 1. The zero-order valence-electron chi connectivity index (χ0n) is 10.9. The molecule has 0 amide bonds. The van der Waals surface area contributed by atoms with Crippen LogP contribution in [0.3, 0.4) is 0 Å². The summed E-state index contributed by atoms with van der Waals surface area (Å²) < 4.78 is 0. The van der Waals surface area contributed by atoms with Crippen LogP contribution in [0.1, 0.15) is 43.5 Å². The summed E-state index contributed by atoms with van der Waals surface area (Å²) in [6.07, 6.45) is 6.61. The third-order valence-corrected chi connectivity index (χ3v) is 3.82. The van der Waals surface area contributed by atoms with Crippen LogP contribution < -0.4 is 5.32 Å². The fraction of sp³-hybridized carbons (Fsp3) is 0.571. The lowest BCUT2D eigenvalue weighted by Crippen LogP contribution is -2.33. The molecule has 2 rings (SSSR count). The molecule has 0 spiro atoms. The van der Waals surface area contributed by atoms with Crippen molar-refractivity contribution >= 4 is 11.7 Å². The van der Waals surface area contributed by atoms with Gasteiger partial charge in [0.1, 0.15) is 0 Å². The molecule has 1 aliphatic rings. The summed E-state index contributed by atoms with van der Waals surface area (Å²) in [7, 11) is 0. The van der Waals surface area contributed by atoms with Crippen LogP contribution in [0.25, 0.3) is 0 Å². The van der Waals surface area contributed by atoms with Gasteiger partial charge in [-0.2, -0.15) is 0 Å². The average molecular weight is 248 g/mol. The predicted octanol–water partition coefficient (Wildman–Crippen LogP) is 3.02. The number of nitrogens with zero attached hydrogens (tertiary/aromatic N) is 1. The van der Waals surface area contributed by atoms with E-state index >= 15 is 0 Å². The zero-order chi connectivity index (χ0) is 13.1. The summed E-state index contributed by atoms with van der Waals surface area (Å²) in [6, 6.07) is 1.89. The number of carboxylic acids is 1. The van der Waals surface area contributed by atoms with Crippen LogP contribution in [0.5, 0.6) is 0 Å². The van der Waals surface area contributed by atoms with Gasteiger partial charge in [0.2, 0.25) is 0 Å². The SMILES string of the molecule is CC1CCC(Nc2cnccc2C(=O)O)C(C)C1. The summed E-state index contributed by atoms with van der Waals surface area (Å²) >= 11 is 0. The van der Waals surface area contributed by atoms with Crippen molar-refractivity contribution < 1.29 is 9.90 Å². The van der Waals surface area contributed by atoms with Gasteiger partial charge in [0.05, 0.1) is 17.4 Å². The van der Waals surface area contributed by atoms with Crippen LogP contribution in [0.4, 0.5) is 5.69 Å². The molecule has 1 aromatic rings. The zero-order valence-corrected chi connectivity index (χ0v) is 10.9. The number of hydrogen-bond acceptors (Lipinski definition) is 3. The number of carbonyl (C=O) groups is 1. The summed E-state index contributed by atoms with van der Waals surface area (Å²) in [5.41, 5.74) is 0.937. The molecule has 98 valence electrons. The Hall–Kier alpha value is -1.58. The lowest BCUT2D eigenvalue weighted by molar-refractivity contribution is 0.0697. The van der Waals surface area contributed by atoms with Gasteiger partial charge in [0, 0.05) is 12.2 Å². The number of hydrogen-bond donors (Lipinski definition) is 2. The molecule has 0 radical (unpaired) electrons. The topological polar surface area (TPSA) is 62.2 Å². The van der Waals surface area contributed by atoms with Crippen LogP contribution in [-0.2, 0) is 0 Å². The van der Waals surface area contributed by atoms with Crippen molar-refractivity contribution in [1.82, 2.24) is 4.98 Å². The van der Waals surface area contributed by atoms with Crippen LogP contribution in [0.15, 0.2) is 18.5 Å². The van der Waals surface area contributed by atoms with Gasteiger partial charge >= 0.3 is 5.97 Å². The summed E-state index contributed by atoms with van der Waals surface area (Å²) in [5.74, 6) is 0.429. The molecule has 1 fully saturated rings. The van der Waals surface area contributed by atoms with E-state index < -0.39 is 5.97 Å². The minimum Gasteiger partial charge on any atom is -0.478 e. The quantitative estimate of drug-likeness (QED) is 0.863. The minimum atomic E-state index is -0.906. The number of aromatic carboxylic acids is 1. The van der Waals surface area contributed by atoms with E-state index in [0.717, 1.165) is 12.3 Å². The van der Waals surface area contributed by atoms with Gasteiger partial charge in [-0.15, -0.1) is 0 Å². The molecule has 4 heteroatoms. The van der Waals surface area contributed by atoms with Crippen molar-refractivity contribution in [2.45, 2.75) is 39.2 Å². The first kappa shape index (κ1) is 12.9. The fourth-order valence-electron chi connectivity index (χ4n) is 2.78. The van der Waals surface area contributed by atoms with Crippen LogP contribution in [0.2, 0.25) is 0 Å². The van der Waals surface area contributed by atoms with E-state index in [1.165, 1.54) is 19.0 Å². The number of rotatable bonds is 3. The van der Waals surface area contributed by atoms with E-state index in [2.05, 4.69) is 24.1 Å². The van der Waals surface area contributed by atoms with Gasteiger partial charge in [0.15, 0.2) is 0 Å². The number of carboxylic acid groups (broad SMARTS) is 1. The molecule has 1 heterocycles. The van der Waals surface area contributed by atoms with E-state index in [-0.39, 0.29) is 0 Å². The Bertz CT molecular complexity index is 434. The number of pyridine rings is 1. The van der Waals surface area contributed by atoms with Gasteiger partial charge in [-0.1, -0.05) is 13.8 Å². The summed E-state index contributed by atoms with van der Waals surface area (Å²) in [4.78, 5) is 15.1. The molecule has 1 saturated carbocycles. The first-order valence-corrected chi connectivity index (χ1v) is 6.51. The van der Waals surface area contributed by atoms with Crippen molar-refractivity contribution in [1.29, 1.82) is 0 Å². The second-order valence-corrected chi connectivity index (χ2v) is 5.37. The van der Waals surface area contributed by atoms with Gasteiger partial charge in [0.25, 0.3) is 0 Å². The Morgan fingerprint density at radius 3 is 2.89 bits per heavy atom. The lowest BCUT2D eigenvalue weighted by atomic mass is 9.80.